The lowest BCUT2D eigenvalue weighted by Crippen LogP contribution is -2.44. The summed E-state index contributed by atoms with van der Waals surface area (Å²) in [5, 5.41) is 11.1. The van der Waals surface area contributed by atoms with Crippen molar-refractivity contribution in [1.82, 2.24) is 10.3 Å². The van der Waals surface area contributed by atoms with Crippen molar-refractivity contribution in [2.45, 2.75) is 25.8 Å². The number of amides is 1. The summed E-state index contributed by atoms with van der Waals surface area (Å²) in [6.45, 7) is 3.70. The van der Waals surface area contributed by atoms with Crippen molar-refractivity contribution in [3.63, 3.8) is 0 Å². The zero-order chi connectivity index (χ0) is 10.6. The monoisotopic (exact) mass is 194 g/mol. The minimum absolute atomic E-state index is 0.451. The van der Waals surface area contributed by atoms with Crippen LogP contribution in [0.5, 0.6) is 0 Å². The molecule has 1 aromatic rings. The largest absolute Gasteiger partial charge is 0.465 e. The molecule has 4 nitrogen and oxygen atoms in total. The second-order valence-electron chi connectivity index (χ2n) is 3.85. The maximum atomic E-state index is 10.5. The molecule has 0 atom stereocenters. The highest BCUT2D eigenvalue weighted by Gasteiger charge is 2.20. The Morgan fingerprint density at radius 2 is 2.07 bits per heavy atom. The summed E-state index contributed by atoms with van der Waals surface area (Å²) < 4.78 is 0. The van der Waals surface area contributed by atoms with Gasteiger partial charge in [0.05, 0.1) is 0 Å². The topological polar surface area (TPSA) is 62.2 Å². The smallest absolute Gasteiger partial charge is 0.405 e. The Morgan fingerprint density at radius 1 is 1.50 bits per heavy atom. The molecule has 4 heteroatoms. The number of hydrogen-bond donors (Lipinski definition) is 2. The van der Waals surface area contributed by atoms with Crippen LogP contribution >= 0.6 is 0 Å². The number of nitrogens with one attached hydrogen (secondary N) is 1. The summed E-state index contributed by atoms with van der Waals surface area (Å²) in [6, 6.07) is 3.76. The zero-order valence-corrected chi connectivity index (χ0v) is 8.32. The van der Waals surface area contributed by atoms with Crippen LogP contribution in [0.15, 0.2) is 24.5 Å². The third-order valence-electron chi connectivity index (χ3n) is 1.84. The fourth-order valence-electron chi connectivity index (χ4n) is 1.34. The molecule has 0 aromatic carbocycles. The molecule has 0 unspecified atom stereocenters. The predicted molar refractivity (Wildman–Crippen MR) is 53.2 cm³/mol. The first-order valence-electron chi connectivity index (χ1n) is 4.40. The van der Waals surface area contributed by atoms with Crippen LogP contribution in [0.25, 0.3) is 0 Å². The number of aromatic nitrogens is 1. The van der Waals surface area contributed by atoms with E-state index in [4.69, 9.17) is 5.11 Å². The predicted octanol–water partition coefficient (Wildman–Crippen LogP) is 1.67. The minimum Gasteiger partial charge on any atom is -0.465 e. The van der Waals surface area contributed by atoms with Crippen LogP contribution in [0.4, 0.5) is 4.79 Å². The number of hydrogen-bond acceptors (Lipinski definition) is 2. The van der Waals surface area contributed by atoms with E-state index >= 15 is 0 Å². The van der Waals surface area contributed by atoms with E-state index in [-0.39, 0.29) is 0 Å². The third-order valence-corrected chi connectivity index (χ3v) is 1.84. The molecule has 14 heavy (non-hydrogen) atoms. The summed E-state index contributed by atoms with van der Waals surface area (Å²) in [5.41, 5.74) is 0.617. The second-order valence-corrected chi connectivity index (χ2v) is 3.85. The Balaban J connectivity index is 2.63. The van der Waals surface area contributed by atoms with Crippen LogP contribution < -0.4 is 5.32 Å². The van der Waals surface area contributed by atoms with Gasteiger partial charge in [0, 0.05) is 17.9 Å². The molecule has 0 saturated heterocycles. The first-order chi connectivity index (χ1) is 6.49. The van der Waals surface area contributed by atoms with E-state index < -0.39 is 11.6 Å². The highest BCUT2D eigenvalue weighted by Crippen LogP contribution is 2.11. The number of carbonyl (C=O) groups is 1. The quantitative estimate of drug-likeness (QED) is 0.769. The standard InChI is InChI=1S/C10H14N2O2/c1-10(2,12-9(13)14)7-8-3-5-11-6-4-8/h3-6,12H,7H2,1-2H3,(H,13,14). The van der Waals surface area contributed by atoms with E-state index in [0.29, 0.717) is 6.42 Å². The zero-order valence-electron chi connectivity index (χ0n) is 8.32. The van der Waals surface area contributed by atoms with Gasteiger partial charge in [-0.1, -0.05) is 0 Å². The van der Waals surface area contributed by atoms with Gasteiger partial charge in [0.25, 0.3) is 0 Å². The molecule has 76 valence electrons. The average Bonchev–Trinajstić information content (AvgIpc) is 2.02. The number of nitrogens with zero attached hydrogens (tertiary/aromatic N) is 1. The molecule has 0 aliphatic carbocycles. The van der Waals surface area contributed by atoms with E-state index in [0.717, 1.165) is 5.56 Å². The number of carboxylic acid groups (broad SMARTS) is 1. The number of rotatable bonds is 3. The Bertz CT molecular complexity index is 309. The molecular formula is C10H14N2O2. The van der Waals surface area contributed by atoms with Crippen molar-refractivity contribution < 1.29 is 9.90 Å². The lowest BCUT2D eigenvalue weighted by atomic mass is 9.96. The second kappa shape index (κ2) is 4.09. The molecule has 0 aliphatic rings. The van der Waals surface area contributed by atoms with Crippen molar-refractivity contribution in [1.29, 1.82) is 0 Å². The summed E-state index contributed by atoms with van der Waals surface area (Å²) in [6.07, 6.45) is 3.06. The van der Waals surface area contributed by atoms with Crippen molar-refractivity contribution in [3.8, 4) is 0 Å². The molecule has 1 rings (SSSR count). The van der Waals surface area contributed by atoms with Crippen LogP contribution in [0.2, 0.25) is 0 Å². The first kappa shape index (κ1) is 10.5. The van der Waals surface area contributed by atoms with Gasteiger partial charge in [-0.3, -0.25) is 4.98 Å². The van der Waals surface area contributed by atoms with E-state index in [1.54, 1.807) is 12.4 Å². The van der Waals surface area contributed by atoms with Crippen molar-refractivity contribution in [2.75, 3.05) is 0 Å². The Labute approximate surface area is 83.0 Å². The van der Waals surface area contributed by atoms with Gasteiger partial charge in [0.15, 0.2) is 0 Å². The summed E-state index contributed by atoms with van der Waals surface area (Å²) >= 11 is 0. The first-order valence-corrected chi connectivity index (χ1v) is 4.40. The van der Waals surface area contributed by atoms with Gasteiger partial charge in [-0.2, -0.15) is 0 Å². The fourth-order valence-corrected chi connectivity index (χ4v) is 1.34. The Hall–Kier alpha value is -1.58. The maximum Gasteiger partial charge on any atom is 0.405 e. The van der Waals surface area contributed by atoms with E-state index in [9.17, 15) is 4.79 Å². The molecule has 0 aliphatic heterocycles. The van der Waals surface area contributed by atoms with Gasteiger partial charge in [0.2, 0.25) is 0 Å². The van der Waals surface area contributed by atoms with Gasteiger partial charge in [-0.05, 0) is 38.0 Å². The van der Waals surface area contributed by atoms with Crippen molar-refractivity contribution in [3.05, 3.63) is 30.1 Å². The molecule has 1 heterocycles. The van der Waals surface area contributed by atoms with E-state index in [1.165, 1.54) is 0 Å². The van der Waals surface area contributed by atoms with Gasteiger partial charge < -0.3 is 10.4 Å². The molecule has 0 fully saturated rings. The number of pyridine rings is 1. The van der Waals surface area contributed by atoms with Gasteiger partial charge in [-0.15, -0.1) is 0 Å². The van der Waals surface area contributed by atoms with Crippen LogP contribution in [0, 0.1) is 0 Å². The van der Waals surface area contributed by atoms with Crippen LogP contribution in [-0.4, -0.2) is 21.7 Å². The highest BCUT2D eigenvalue weighted by molar-refractivity contribution is 5.65. The van der Waals surface area contributed by atoms with Crippen LogP contribution in [0.1, 0.15) is 19.4 Å². The maximum absolute atomic E-state index is 10.5. The molecule has 0 spiro atoms. The molecular weight excluding hydrogens is 180 g/mol. The summed E-state index contributed by atoms with van der Waals surface area (Å²) in [5.74, 6) is 0. The van der Waals surface area contributed by atoms with Crippen molar-refractivity contribution >= 4 is 6.09 Å². The molecule has 2 N–H and O–H groups in total. The van der Waals surface area contributed by atoms with Gasteiger partial charge >= 0.3 is 6.09 Å². The average molecular weight is 194 g/mol. The van der Waals surface area contributed by atoms with E-state index in [2.05, 4.69) is 10.3 Å². The fraction of sp³-hybridized carbons (Fsp3) is 0.400. The third kappa shape index (κ3) is 3.43. The molecule has 1 amide bonds. The molecule has 0 bridgehead atoms. The Morgan fingerprint density at radius 3 is 2.57 bits per heavy atom. The molecule has 0 saturated carbocycles. The van der Waals surface area contributed by atoms with Gasteiger partial charge in [-0.25, -0.2) is 4.79 Å². The molecule has 1 aromatic heterocycles. The lowest BCUT2D eigenvalue weighted by Gasteiger charge is -2.24. The van der Waals surface area contributed by atoms with Crippen molar-refractivity contribution in [2.24, 2.45) is 0 Å². The summed E-state index contributed by atoms with van der Waals surface area (Å²) in [7, 11) is 0. The lowest BCUT2D eigenvalue weighted by molar-refractivity contribution is 0.182. The minimum atomic E-state index is -0.996. The Kier molecular flexibility index (Phi) is 3.06. The normalized spacial score (nSPS) is 11.0. The van der Waals surface area contributed by atoms with Gasteiger partial charge in [0.1, 0.15) is 0 Å². The molecule has 0 radical (unpaired) electrons. The van der Waals surface area contributed by atoms with Crippen LogP contribution in [0.3, 0.4) is 0 Å². The summed E-state index contributed by atoms with van der Waals surface area (Å²) in [4.78, 5) is 14.4. The van der Waals surface area contributed by atoms with Crippen LogP contribution in [-0.2, 0) is 6.42 Å². The van der Waals surface area contributed by atoms with E-state index in [1.807, 2.05) is 26.0 Å². The SMILES string of the molecule is CC(C)(Cc1ccncc1)NC(=O)O. The highest BCUT2D eigenvalue weighted by atomic mass is 16.4.